The predicted octanol–water partition coefficient (Wildman–Crippen LogP) is 3.03. The molecule has 1 saturated heterocycles. The van der Waals surface area contributed by atoms with Gasteiger partial charge in [-0.2, -0.15) is 5.26 Å². The summed E-state index contributed by atoms with van der Waals surface area (Å²) in [5.41, 5.74) is -1.32. The maximum atomic E-state index is 10.9. The van der Waals surface area contributed by atoms with Crippen LogP contribution in [-0.4, -0.2) is 23.9 Å². The first-order valence-corrected chi connectivity index (χ1v) is 7.37. The van der Waals surface area contributed by atoms with Crippen LogP contribution in [0.3, 0.4) is 0 Å². The average molecular weight is 251 g/mol. The Bertz CT molecular complexity index is 307. The second kappa shape index (κ2) is 5.59. The maximum Gasteiger partial charge on any atom is 0.0877 e. The van der Waals surface area contributed by atoms with E-state index in [0.717, 1.165) is 31.6 Å². The highest BCUT2D eigenvalue weighted by Gasteiger charge is 2.52. The van der Waals surface area contributed by atoms with Gasteiger partial charge in [0.2, 0.25) is 0 Å². The Hall–Kier alpha value is -0.590. The summed E-state index contributed by atoms with van der Waals surface area (Å²) in [4.78, 5) is 0. The first kappa shape index (κ1) is 13.8. The number of nitriles is 1. The van der Waals surface area contributed by atoms with Gasteiger partial charge in [0.05, 0.1) is 17.1 Å². The molecule has 0 bridgehead atoms. The summed E-state index contributed by atoms with van der Waals surface area (Å²) in [6.45, 7) is 3.41. The summed E-state index contributed by atoms with van der Waals surface area (Å²) < 4.78 is 5.34. The van der Waals surface area contributed by atoms with E-state index in [4.69, 9.17) is 4.74 Å². The summed E-state index contributed by atoms with van der Waals surface area (Å²) in [5.74, 6) is 0.764. The van der Waals surface area contributed by atoms with Gasteiger partial charge >= 0.3 is 0 Å². The van der Waals surface area contributed by atoms with E-state index in [1.165, 1.54) is 12.8 Å². The minimum absolute atomic E-state index is 0.513. The number of nitrogens with zero attached hydrogens (tertiary/aromatic N) is 1. The molecule has 3 heteroatoms. The van der Waals surface area contributed by atoms with Crippen LogP contribution in [0.5, 0.6) is 0 Å². The highest BCUT2D eigenvalue weighted by atomic mass is 16.5. The third-order valence-electron chi connectivity index (χ3n) is 5.08. The highest BCUT2D eigenvalue weighted by Crippen LogP contribution is 2.50. The lowest BCUT2D eigenvalue weighted by Crippen LogP contribution is -2.52. The van der Waals surface area contributed by atoms with Gasteiger partial charge in [-0.15, -0.1) is 0 Å². The monoisotopic (exact) mass is 251 g/mol. The molecule has 1 heterocycles. The second-order valence-electron chi connectivity index (χ2n) is 6.07. The fourth-order valence-electron chi connectivity index (χ4n) is 3.74. The van der Waals surface area contributed by atoms with Crippen LogP contribution < -0.4 is 0 Å². The highest BCUT2D eigenvalue weighted by molar-refractivity contribution is 5.13. The molecule has 1 N–H and O–H groups in total. The zero-order chi connectivity index (χ0) is 13.1. The molecule has 1 saturated carbocycles. The van der Waals surface area contributed by atoms with E-state index in [1.807, 2.05) is 0 Å². The van der Waals surface area contributed by atoms with E-state index in [-0.39, 0.29) is 0 Å². The van der Waals surface area contributed by atoms with Gasteiger partial charge in [0, 0.05) is 26.1 Å². The minimum atomic E-state index is -0.808. The Labute approximate surface area is 110 Å². The first-order chi connectivity index (χ1) is 8.66. The number of aliphatic hydroxyl groups is 1. The normalized spacial score (nSPS) is 35.9. The SMILES string of the molecule is CCCC1CCC(C#N)(C2(O)CCOCC2)CC1. The number of hydrogen-bond acceptors (Lipinski definition) is 3. The van der Waals surface area contributed by atoms with Gasteiger partial charge in [-0.3, -0.25) is 0 Å². The topological polar surface area (TPSA) is 53.2 Å². The zero-order valence-corrected chi connectivity index (χ0v) is 11.5. The lowest BCUT2D eigenvalue weighted by Gasteiger charge is -2.48. The molecule has 2 fully saturated rings. The molecule has 1 aliphatic heterocycles. The van der Waals surface area contributed by atoms with Crippen molar-refractivity contribution in [2.45, 2.75) is 63.9 Å². The molecule has 0 unspecified atom stereocenters. The Balaban J connectivity index is 2.06. The van der Waals surface area contributed by atoms with Crippen LogP contribution in [0.2, 0.25) is 0 Å². The van der Waals surface area contributed by atoms with Crippen molar-refractivity contribution in [2.24, 2.45) is 11.3 Å². The van der Waals surface area contributed by atoms with Crippen molar-refractivity contribution in [1.82, 2.24) is 0 Å². The van der Waals surface area contributed by atoms with Gasteiger partial charge in [0.25, 0.3) is 0 Å². The summed E-state index contributed by atoms with van der Waals surface area (Å²) in [7, 11) is 0. The van der Waals surface area contributed by atoms with Gasteiger partial charge in [0.1, 0.15) is 0 Å². The Kier molecular flexibility index (Phi) is 4.29. The molecule has 102 valence electrons. The largest absolute Gasteiger partial charge is 0.388 e. The van der Waals surface area contributed by atoms with Gasteiger partial charge in [-0.25, -0.2) is 0 Å². The van der Waals surface area contributed by atoms with Crippen LogP contribution in [0.15, 0.2) is 0 Å². The van der Waals surface area contributed by atoms with E-state index in [0.29, 0.717) is 26.1 Å². The molecule has 0 atom stereocenters. The van der Waals surface area contributed by atoms with Crippen LogP contribution in [-0.2, 0) is 4.74 Å². The third-order valence-corrected chi connectivity index (χ3v) is 5.08. The van der Waals surface area contributed by atoms with Crippen LogP contribution in [0, 0.1) is 22.7 Å². The second-order valence-corrected chi connectivity index (χ2v) is 6.07. The van der Waals surface area contributed by atoms with Crippen molar-refractivity contribution in [2.75, 3.05) is 13.2 Å². The zero-order valence-electron chi connectivity index (χ0n) is 11.5. The minimum Gasteiger partial charge on any atom is -0.388 e. The molecular formula is C15H25NO2. The van der Waals surface area contributed by atoms with E-state index in [1.54, 1.807) is 0 Å². The summed E-state index contributed by atoms with van der Waals surface area (Å²) in [6, 6.07) is 2.48. The van der Waals surface area contributed by atoms with Crippen molar-refractivity contribution in [3.8, 4) is 6.07 Å². The standard InChI is InChI=1S/C15H25NO2/c1-2-3-13-4-6-14(12-16,7-5-13)15(17)8-10-18-11-9-15/h13,17H,2-11H2,1H3. The summed E-state index contributed by atoms with van der Waals surface area (Å²) >= 11 is 0. The molecular weight excluding hydrogens is 226 g/mol. The molecule has 0 amide bonds. The molecule has 0 aromatic heterocycles. The molecule has 0 spiro atoms. The number of rotatable bonds is 3. The molecule has 2 aliphatic rings. The molecule has 3 nitrogen and oxygen atoms in total. The van der Waals surface area contributed by atoms with Crippen molar-refractivity contribution in [3.63, 3.8) is 0 Å². The van der Waals surface area contributed by atoms with Gasteiger partial charge in [-0.05, 0) is 31.6 Å². The van der Waals surface area contributed by atoms with Crippen molar-refractivity contribution in [3.05, 3.63) is 0 Å². The number of hydrogen-bond donors (Lipinski definition) is 1. The first-order valence-electron chi connectivity index (χ1n) is 7.37. The molecule has 1 aliphatic carbocycles. The van der Waals surface area contributed by atoms with Crippen LogP contribution >= 0.6 is 0 Å². The van der Waals surface area contributed by atoms with Crippen molar-refractivity contribution >= 4 is 0 Å². The molecule has 2 rings (SSSR count). The summed E-state index contributed by atoms with van der Waals surface area (Å²) in [5, 5.41) is 20.5. The Morgan fingerprint density at radius 3 is 2.33 bits per heavy atom. The average Bonchev–Trinajstić information content (AvgIpc) is 2.41. The van der Waals surface area contributed by atoms with E-state index < -0.39 is 11.0 Å². The fourth-order valence-corrected chi connectivity index (χ4v) is 3.74. The van der Waals surface area contributed by atoms with Gasteiger partial charge in [-0.1, -0.05) is 19.8 Å². The lowest BCUT2D eigenvalue weighted by atomic mass is 9.59. The smallest absolute Gasteiger partial charge is 0.0877 e. The molecule has 0 aromatic rings. The van der Waals surface area contributed by atoms with E-state index in [9.17, 15) is 10.4 Å². The molecule has 0 aromatic carbocycles. The Morgan fingerprint density at radius 1 is 1.22 bits per heavy atom. The molecule has 0 radical (unpaired) electrons. The van der Waals surface area contributed by atoms with Gasteiger partial charge in [0.15, 0.2) is 0 Å². The maximum absolute atomic E-state index is 10.9. The number of ether oxygens (including phenoxy) is 1. The fraction of sp³-hybridized carbons (Fsp3) is 0.933. The van der Waals surface area contributed by atoms with Crippen molar-refractivity contribution < 1.29 is 9.84 Å². The summed E-state index contributed by atoms with van der Waals surface area (Å²) in [6.07, 6.45) is 7.67. The van der Waals surface area contributed by atoms with E-state index in [2.05, 4.69) is 13.0 Å². The van der Waals surface area contributed by atoms with Gasteiger partial charge < -0.3 is 9.84 Å². The van der Waals surface area contributed by atoms with Crippen LogP contribution in [0.1, 0.15) is 58.3 Å². The lowest BCUT2D eigenvalue weighted by molar-refractivity contribution is -0.137. The molecule has 18 heavy (non-hydrogen) atoms. The predicted molar refractivity (Wildman–Crippen MR) is 69.9 cm³/mol. The Morgan fingerprint density at radius 2 is 1.83 bits per heavy atom. The van der Waals surface area contributed by atoms with Crippen LogP contribution in [0.4, 0.5) is 0 Å². The van der Waals surface area contributed by atoms with Crippen molar-refractivity contribution in [1.29, 1.82) is 5.26 Å². The van der Waals surface area contributed by atoms with E-state index >= 15 is 0 Å². The third kappa shape index (κ3) is 2.41. The van der Waals surface area contributed by atoms with Crippen LogP contribution in [0.25, 0.3) is 0 Å². The quantitative estimate of drug-likeness (QED) is 0.838.